The van der Waals surface area contributed by atoms with Crippen LogP contribution in [0.1, 0.15) is 24.8 Å². The summed E-state index contributed by atoms with van der Waals surface area (Å²) >= 11 is 7.60. The summed E-state index contributed by atoms with van der Waals surface area (Å²) in [6.07, 6.45) is 3.19. The number of amides is 1. The Hall–Kier alpha value is -1.45. The molecule has 1 aliphatic carbocycles. The fourth-order valence-corrected chi connectivity index (χ4v) is 3.82. The van der Waals surface area contributed by atoms with E-state index in [1.165, 1.54) is 17.3 Å². The van der Waals surface area contributed by atoms with Crippen LogP contribution >= 0.6 is 23.4 Å². The molecule has 0 aromatic heterocycles. The van der Waals surface area contributed by atoms with Gasteiger partial charge in [-0.15, -0.1) is 11.8 Å². The van der Waals surface area contributed by atoms with Crippen LogP contribution in [0.3, 0.4) is 0 Å². The van der Waals surface area contributed by atoms with E-state index in [2.05, 4.69) is 17.4 Å². The van der Waals surface area contributed by atoms with Crippen molar-refractivity contribution in [2.24, 2.45) is 0 Å². The molecular weight excluding hydrogens is 314 g/mol. The standard InChI is InChI=1S/C18H18ClNOS/c19-15-9-4-5-10-16(15)22-13-17(21)20-18(11-6-12-18)14-7-2-1-3-8-14/h1-5,7-10H,6,11-13H2,(H,20,21). The van der Waals surface area contributed by atoms with E-state index in [1.54, 1.807) is 0 Å². The van der Waals surface area contributed by atoms with E-state index in [4.69, 9.17) is 11.6 Å². The number of carbonyl (C=O) groups is 1. The highest BCUT2D eigenvalue weighted by molar-refractivity contribution is 8.00. The second kappa shape index (κ2) is 6.76. The molecule has 2 aromatic carbocycles. The number of rotatable bonds is 5. The van der Waals surface area contributed by atoms with Gasteiger partial charge in [0.2, 0.25) is 5.91 Å². The lowest BCUT2D eigenvalue weighted by Crippen LogP contribution is -2.51. The molecule has 114 valence electrons. The molecule has 2 nitrogen and oxygen atoms in total. The molecule has 0 saturated heterocycles. The summed E-state index contributed by atoms with van der Waals surface area (Å²) in [4.78, 5) is 13.3. The number of nitrogens with one attached hydrogen (secondary N) is 1. The van der Waals surface area contributed by atoms with Crippen LogP contribution in [0.4, 0.5) is 0 Å². The smallest absolute Gasteiger partial charge is 0.231 e. The minimum absolute atomic E-state index is 0.0634. The van der Waals surface area contributed by atoms with Gasteiger partial charge >= 0.3 is 0 Å². The Bertz CT molecular complexity index is 655. The van der Waals surface area contributed by atoms with Gasteiger partial charge in [-0.3, -0.25) is 4.79 Å². The SMILES string of the molecule is O=C(CSc1ccccc1Cl)NC1(c2ccccc2)CCC1. The van der Waals surface area contributed by atoms with E-state index in [9.17, 15) is 4.79 Å². The van der Waals surface area contributed by atoms with Crippen LogP contribution in [0.15, 0.2) is 59.5 Å². The quantitative estimate of drug-likeness (QED) is 0.809. The zero-order valence-electron chi connectivity index (χ0n) is 12.2. The minimum atomic E-state index is -0.167. The van der Waals surface area contributed by atoms with Crippen molar-refractivity contribution >= 4 is 29.3 Å². The highest BCUT2D eigenvalue weighted by Crippen LogP contribution is 2.41. The van der Waals surface area contributed by atoms with E-state index >= 15 is 0 Å². The third kappa shape index (κ3) is 3.31. The Morgan fingerprint density at radius 2 is 1.77 bits per heavy atom. The van der Waals surface area contributed by atoms with Gasteiger partial charge in [0.1, 0.15) is 0 Å². The number of halogens is 1. The molecule has 0 heterocycles. The maximum atomic E-state index is 12.3. The molecule has 0 spiro atoms. The molecule has 4 heteroatoms. The van der Waals surface area contributed by atoms with Gasteiger partial charge in [0.15, 0.2) is 0 Å². The van der Waals surface area contributed by atoms with Crippen molar-refractivity contribution in [3.8, 4) is 0 Å². The van der Waals surface area contributed by atoms with Crippen LogP contribution in [-0.2, 0) is 10.3 Å². The second-order valence-electron chi connectivity index (χ2n) is 5.57. The molecule has 0 aliphatic heterocycles. The van der Waals surface area contributed by atoms with Crippen LogP contribution in [0, 0.1) is 0 Å². The monoisotopic (exact) mass is 331 g/mol. The molecule has 2 aromatic rings. The first-order valence-corrected chi connectivity index (χ1v) is 8.80. The summed E-state index contributed by atoms with van der Waals surface area (Å²) in [7, 11) is 0. The fourth-order valence-electron chi connectivity index (χ4n) is 2.78. The summed E-state index contributed by atoms with van der Waals surface area (Å²) in [5, 5.41) is 3.93. The number of carbonyl (C=O) groups excluding carboxylic acids is 1. The van der Waals surface area contributed by atoms with Crippen molar-refractivity contribution in [2.75, 3.05) is 5.75 Å². The number of thioether (sulfide) groups is 1. The van der Waals surface area contributed by atoms with Crippen molar-refractivity contribution in [2.45, 2.75) is 29.7 Å². The molecule has 0 unspecified atom stereocenters. The van der Waals surface area contributed by atoms with E-state index in [1.807, 2.05) is 42.5 Å². The molecule has 3 rings (SSSR count). The van der Waals surface area contributed by atoms with Crippen molar-refractivity contribution < 1.29 is 4.79 Å². The van der Waals surface area contributed by atoms with E-state index in [0.29, 0.717) is 10.8 Å². The summed E-state index contributed by atoms with van der Waals surface area (Å²) in [6.45, 7) is 0. The van der Waals surface area contributed by atoms with Crippen molar-refractivity contribution in [1.29, 1.82) is 0 Å². The number of hydrogen-bond acceptors (Lipinski definition) is 2. The first kappa shape index (κ1) is 15.4. The van der Waals surface area contributed by atoms with Gasteiger partial charge in [0.25, 0.3) is 0 Å². The molecular formula is C18H18ClNOS. The van der Waals surface area contributed by atoms with Crippen molar-refractivity contribution in [1.82, 2.24) is 5.32 Å². The molecule has 0 radical (unpaired) electrons. The first-order chi connectivity index (χ1) is 10.7. The Morgan fingerprint density at radius 1 is 1.09 bits per heavy atom. The molecule has 1 amide bonds. The lowest BCUT2D eigenvalue weighted by Gasteiger charge is -2.43. The van der Waals surface area contributed by atoms with Crippen LogP contribution in [-0.4, -0.2) is 11.7 Å². The molecule has 22 heavy (non-hydrogen) atoms. The van der Waals surface area contributed by atoms with E-state index < -0.39 is 0 Å². The molecule has 0 bridgehead atoms. The Morgan fingerprint density at radius 3 is 2.41 bits per heavy atom. The predicted octanol–water partition coefficient (Wildman–Crippen LogP) is 4.63. The largest absolute Gasteiger partial charge is 0.346 e. The van der Waals surface area contributed by atoms with Gasteiger partial charge < -0.3 is 5.32 Å². The van der Waals surface area contributed by atoms with Crippen LogP contribution < -0.4 is 5.32 Å². The highest BCUT2D eigenvalue weighted by atomic mass is 35.5. The predicted molar refractivity (Wildman–Crippen MR) is 92.3 cm³/mol. The molecule has 1 N–H and O–H groups in total. The zero-order valence-corrected chi connectivity index (χ0v) is 13.8. The maximum absolute atomic E-state index is 12.3. The Kier molecular flexibility index (Phi) is 4.74. The Labute approximate surface area is 140 Å². The van der Waals surface area contributed by atoms with Crippen LogP contribution in [0.2, 0.25) is 5.02 Å². The van der Waals surface area contributed by atoms with Gasteiger partial charge in [-0.1, -0.05) is 54.1 Å². The molecule has 1 aliphatic rings. The third-order valence-electron chi connectivity index (χ3n) is 4.11. The summed E-state index contributed by atoms with van der Waals surface area (Å²) in [6, 6.07) is 17.9. The topological polar surface area (TPSA) is 29.1 Å². The molecule has 0 atom stereocenters. The molecule has 1 saturated carbocycles. The van der Waals surface area contributed by atoms with Gasteiger partial charge in [-0.2, -0.15) is 0 Å². The lowest BCUT2D eigenvalue weighted by molar-refractivity contribution is -0.121. The van der Waals surface area contributed by atoms with Crippen LogP contribution in [0.5, 0.6) is 0 Å². The van der Waals surface area contributed by atoms with E-state index in [-0.39, 0.29) is 11.4 Å². The average molecular weight is 332 g/mol. The molecule has 1 fully saturated rings. The first-order valence-electron chi connectivity index (χ1n) is 7.43. The highest BCUT2D eigenvalue weighted by Gasteiger charge is 2.39. The Balaban J connectivity index is 1.63. The number of hydrogen-bond donors (Lipinski definition) is 1. The average Bonchev–Trinajstić information content (AvgIpc) is 2.51. The van der Waals surface area contributed by atoms with Gasteiger partial charge in [-0.25, -0.2) is 0 Å². The normalized spacial score (nSPS) is 15.9. The number of benzene rings is 2. The van der Waals surface area contributed by atoms with Gasteiger partial charge in [-0.05, 0) is 37.0 Å². The fraction of sp³-hybridized carbons (Fsp3) is 0.278. The van der Waals surface area contributed by atoms with Crippen LogP contribution in [0.25, 0.3) is 0 Å². The van der Waals surface area contributed by atoms with Crippen molar-refractivity contribution in [3.63, 3.8) is 0 Å². The van der Waals surface area contributed by atoms with Gasteiger partial charge in [0.05, 0.1) is 16.3 Å². The van der Waals surface area contributed by atoms with E-state index in [0.717, 1.165) is 24.2 Å². The second-order valence-corrected chi connectivity index (χ2v) is 6.99. The van der Waals surface area contributed by atoms with Crippen molar-refractivity contribution in [3.05, 3.63) is 65.2 Å². The van der Waals surface area contributed by atoms with Gasteiger partial charge in [0, 0.05) is 4.90 Å². The third-order valence-corrected chi connectivity index (χ3v) is 5.62. The summed E-state index contributed by atoms with van der Waals surface area (Å²) in [5.74, 6) is 0.451. The minimum Gasteiger partial charge on any atom is -0.346 e. The summed E-state index contributed by atoms with van der Waals surface area (Å²) < 4.78 is 0. The lowest BCUT2D eigenvalue weighted by atomic mass is 9.72. The zero-order chi connectivity index (χ0) is 15.4. The maximum Gasteiger partial charge on any atom is 0.231 e. The summed E-state index contributed by atoms with van der Waals surface area (Å²) in [5.41, 5.74) is 1.04.